The van der Waals surface area contributed by atoms with E-state index in [0.29, 0.717) is 12.2 Å². The SMILES string of the molecule is O=CC(=O)C1NCSC1=Cc1ccncc1. The third-order valence-corrected chi connectivity index (χ3v) is 3.22. The van der Waals surface area contributed by atoms with Gasteiger partial charge in [-0.15, -0.1) is 11.8 Å². The Labute approximate surface area is 97.1 Å². The van der Waals surface area contributed by atoms with Crippen LogP contribution in [-0.4, -0.2) is 29.0 Å². The van der Waals surface area contributed by atoms with Crippen molar-refractivity contribution in [2.75, 3.05) is 5.88 Å². The number of nitrogens with zero attached hydrogens (tertiary/aromatic N) is 1. The molecule has 16 heavy (non-hydrogen) atoms. The van der Waals surface area contributed by atoms with Gasteiger partial charge in [-0.1, -0.05) is 0 Å². The Kier molecular flexibility index (Phi) is 3.48. The molecule has 0 bridgehead atoms. The molecule has 82 valence electrons. The molecule has 1 aromatic heterocycles. The van der Waals surface area contributed by atoms with E-state index in [1.165, 1.54) is 11.8 Å². The number of nitrogens with one attached hydrogen (secondary N) is 1. The summed E-state index contributed by atoms with van der Waals surface area (Å²) in [5, 5.41) is 2.98. The molecular formula is C11H10N2O2S. The highest BCUT2D eigenvalue weighted by molar-refractivity contribution is 8.03. The van der Waals surface area contributed by atoms with Crippen molar-refractivity contribution in [2.45, 2.75) is 6.04 Å². The van der Waals surface area contributed by atoms with Gasteiger partial charge in [0.2, 0.25) is 5.78 Å². The monoisotopic (exact) mass is 234 g/mol. The number of carbonyl (C=O) groups is 2. The quantitative estimate of drug-likeness (QED) is 0.620. The summed E-state index contributed by atoms with van der Waals surface area (Å²) in [6, 6.07) is 3.23. The van der Waals surface area contributed by atoms with Crippen molar-refractivity contribution in [3.8, 4) is 0 Å². The fourth-order valence-electron chi connectivity index (χ4n) is 1.45. The van der Waals surface area contributed by atoms with Gasteiger partial charge in [0, 0.05) is 23.2 Å². The van der Waals surface area contributed by atoms with E-state index in [4.69, 9.17) is 0 Å². The van der Waals surface area contributed by atoms with Gasteiger partial charge in [-0.3, -0.25) is 19.9 Å². The number of carbonyl (C=O) groups excluding carboxylic acids is 2. The Morgan fingerprint density at radius 3 is 2.94 bits per heavy atom. The normalized spacial score (nSPS) is 22.2. The van der Waals surface area contributed by atoms with Crippen molar-refractivity contribution in [3.63, 3.8) is 0 Å². The minimum absolute atomic E-state index is 0.365. The topological polar surface area (TPSA) is 59.1 Å². The Bertz CT molecular complexity index is 431. The number of aromatic nitrogens is 1. The lowest BCUT2D eigenvalue weighted by atomic mass is 10.1. The van der Waals surface area contributed by atoms with E-state index < -0.39 is 11.8 Å². The fourth-order valence-corrected chi connectivity index (χ4v) is 2.45. The zero-order chi connectivity index (χ0) is 11.4. The Morgan fingerprint density at radius 2 is 2.25 bits per heavy atom. The summed E-state index contributed by atoms with van der Waals surface area (Å²) in [6.45, 7) is 0. The van der Waals surface area contributed by atoms with Gasteiger partial charge in [0.25, 0.3) is 0 Å². The molecule has 1 N–H and O–H groups in total. The number of hydrogen-bond acceptors (Lipinski definition) is 5. The van der Waals surface area contributed by atoms with Gasteiger partial charge in [-0.05, 0) is 23.8 Å². The Morgan fingerprint density at radius 1 is 1.50 bits per heavy atom. The molecule has 2 rings (SSSR count). The number of aldehydes is 1. The highest BCUT2D eigenvalue weighted by Gasteiger charge is 2.27. The lowest BCUT2D eigenvalue weighted by Gasteiger charge is -2.05. The van der Waals surface area contributed by atoms with Crippen molar-refractivity contribution in [1.29, 1.82) is 0 Å². The van der Waals surface area contributed by atoms with Crippen LogP contribution in [-0.2, 0) is 9.59 Å². The second-order valence-corrected chi connectivity index (χ2v) is 4.32. The summed E-state index contributed by atoms with van der Waals surface area (Å²) in [5.41, 5.74) is 0.977. The minimum Gasteiger partial charge on any atom is -0.295 e. The van der Waals surface area contributed by atoms with Crippen molar-refractivity contribution in [3.05, 3.63) is 35.0 Å². The summed E-state index contributed by atoms with van der Waals surface area (Å²) in [4.78, 5) is 26.6. The molecule has 0 aromatic carbocycles. The summed E-state index contributed by atoms with van der Waals surface area (Å²) in [6.07, 6.45) is 5.65. The summed E-state index contributed by atoms with van der Waals surface area (Å²) in [7, 11) is 0. The van der Waals surface area contributed by atoms with Gasteiger partial charge in [-0.25, -0.2) is 0 Å². The van der Waals surface area contributed by atoms with E-state index >= 15 is 0 Å². The first-order chi connectivity index (χ1) is 7.81. The van der Waals surface area contributed by atoms with E-state index in [0.717, 1.165) is 10.5 Å². The molecule has 4 nitrogen and oxygen atoms in total. The van der Waals surface area contributed by atoms with Crippen molar-refractivity contribution in [2.24, 2.45) is 0 Å². The first-order valence-electron chi connectivity index (χ1n) is 4.78. The van der Waals surface area contributed by atoms with E-state index in [9.17, 15) is 9.59 Å². The zero-order valence-corrected chi connectivity index (χ0v) is 9.24. The molecule has 5 heteroatoms. The average Bonchev–Trinajstić information content (AvgIpc) is 2.77. The zero-order valence-electron chi connectivity index (χ0n) is 8.42. The summed E-state index contributed by atoms with van der Waals surface area (Å²) < 4.78 is 0. The maximum absolute atomic E-state index is 11.3. The Balaban J connectivity index is 2.23. The van der Waals surface area contributed by atoms with Crippen LogP contribution in [0.15, 0.2) is 29.4 Å². The fraction of sp³-hybridized carbons (Fsp3) is 0.182. The van der Waals surface area contributed by atoms with Gasteiger partial charge in [0.05, 0.1) is 0 Å². The number of thioether (sulfide) groups is 1. The van der Waals surface area contributed by atoms with E-state index in [1.54, 1.807) is 12.4 Å². The van der Waals surface area contributed by atoms with Gasteiger partial charge in [0.15, 0.2) is 6.29 Å². The molecule has 0 saturated carbocycles. The first kappa shape index (κ1) is 11.0. The molecule has 2 heterocycles. The maximum atomic E-state index is 11.3. The highest BCUT2D eigenvalue weighted by Crippen LogP contribution is 2.27. The van der Waals surface area contributed by atoms with E-state index in [-0.39, 0.29) is 0 Å². The van der Waals surface area contributed by atoms with Crippen LogP contribution in [0.25, 0.3) is 6.08 Å². The predicted octanol–water partition coefficient (Wildman–Crippen LogP) is 0.853. The standard InChI is InChI=1S/C11H10N2O2S/c14-6-9(15)11-10(16-7-13-11)5-8-1-3-12-4-2-8/h1-6,11,13H,7H2. The molecule has 1 aromatic rings. The van der Waals surface area contributed by atoms with Gasteiger partial charge >= 0.3 is 0 Å². The minimum atomic E-state index is -0.476. The third kappa shape index (κ3) is 2.37. The van der Waals surface area contributed by atoms with Gasteiger partial charge < -0.3 is 0 Å². The predicted molar refractivity (Wildman–Crippen MR) is 62.7 cm³/mol. The molecule has 1 aliphatic rings. The van der Waals surface area contributed by atoms with E-state index in [1.807, 2.05) is 18.2 Å². The van der Waals surface area contributed by atoms with Crippen molar-refractivity contribution in [1.82, 2.24) is 10.3 Å². The largest absolute Gasteiger partial charge is 0.295 e. The molecule has 1 atom stereocenters. The van der Waals surface area contributed by atoms with Crippen LogP contribution in [0.3, 0.4) is 0 Å². The van der Waals surface area contributed by atoms with Crippen LogP contribution in [0.1, 0.15) is 5.56 Å². The number of pyridine rings is 1. The number of rotatable bonds is 3. The lowest BCUT2D eigenvalue weighted by Crippen LogP contribution is -2.32. The van der Waals surface area contributed by atoms with Crippen LogP contribution in [0.4, 0.5) is 0 Å². The van der Waals surface area contributed by atoms with Crippen LogP contribution in [0.5, 0.6) is 0 Å². The number of hydrogen-bond donors (Lipinski definition) is 1. The molecule has 0 amide bonds. The second-order valence-electron chi connectivity index (χ2n) is 3.27. The van der Waals surface area contributed by atoms with Crippen LogP contribution in [0.2, 0.25) is 0 Å². The first-order valence-corrected chi connectivity index (χ1v) is 5.76. The van der Waals surface area contributed by atoms with Crippen LogP contribution >= 0.6 is 11.8 Å². The van der Waals surface area contributed by atoms with Gasteiger partial charge in [-0.2, -0.15) is 0 Å². The number of ketones is 1. The van der Waals surface area contributed by atoms with Crippen LogP contribution in [0, 0.1) is 0 Å². The van der Waals surface area contributed by atoms with Crippen LogP contribution < -0.4 is 5.32 Å². The molecule has 1 aliphatic heterocycles. The summed E-state index contributed by atoms with van der Waals surface area (Å²) in [5.74, 6) is 0.228. The second kappa shape index (κ2) is 5.05. The van der Waals surface area contributed by atoms with Crippen molar-refractivity contribution < 1.29 is 9.59 Å². The lowest BCUT2D eigenvalue weighted by molar-refractivity contribution is -0.130. The smallest absolute Gasteiger partial charge is 0.217 e. The number of Topliss-reactive ketones (excluding diaryl/α,β-unsaturated/α-hetero) is 1. The summed E-state index contributed by atoms with van der Waals surface area (Å²) >= 11 is 1.54. The third-order valence-electron chi connectivity index (χ3n) is 2.23. The van der Waals surface area contributed by atoms with Crippen molar-refractivity contribution >= 4 is 29.9 Å². The molecular weight excluding hydrogens is 224 g/mol. The van der Waals surface area contributed by atoms with E-state index in [2.05, 4.69) is 10.3 Å². The molecule has 0 spiro atoms. The molecule has 1 fully saturated rings. The molecule has 0 radical (unpaired) electrons. The molecule has 1 saturated heterocycles. The molecule has 0 aliphatic carbocycles. The Hall–Kier alpha value is -1.46. The highest BCUT2D eigenvalue weighted by atomic mass is 32.2. The average molecular weight is 234 g/mol. The molecule has 1 unspecified atom stereocenters. The maximum Gasteiger partial charge on any atom is 0.217 e. The van der Waals surface area contributed by atoms with Gasteiger partial charge in [0.1, 0.15) is 6.04 Å².